The van der Waals surface area contributed by atoms with Crippen molar-refractivity contribution in [1.29, 1.82) is 0 Å². The van der Waals surface area contributed by atoms with Crippen molar-refractivity contribution < 1.29 is 0 Å². The lowest BCUT2D eigenvalue weighted by atomic mass is 9.89. The Kier molecular flexibility index (Phi) is 5.34. The van der Waals surface area contributed by atoms with Gasteiger partial charge in [-0.1, -0.05) is 48.0 Å². The maximum atomic E-state index is 3.60. The highest BCUT2D eigenvalue weighted by Crippen LogP contribution is 2.22. The third kappa shape index (κ3) is 3.96. The molecule has 2 heteroatoms. The monoisotopic (exact) mass is 269 g/mol. The van der Waals surface area contributed by atoms with Crippen LogP contribution in [0.2, 0.25) is 0 Å². The van der Waals surface area contributed by atoms with Crippen LogP contribution in [-0.2, 0) is 6.42 Å². The molecule has 0 aliphatic heterocycles. The lowest BCUT2D eigenvalue weighted by molar-refractivity contribution is 0.370. The predicted molar refractivity (Wildman–Crippen MR) is 70.1 cm³/mol. The summed E-state index contributed by atoms with van der Waals surface area (Å²) in [4.78, 5) is 0. The van der Waals surface area contributed by atoms with Crippen LogP contribution < -0.4 is 5.32 Å². The van der Waals surface area contributed by atoms with Crippen molar-refractivity contribution in [2.45, 2.75) is 20.3 Å². The highest BCUT2D eigenvalue weighted by Gasteiger charge is 2.14. The van der Waals surface area contributed by atoms with Gasteiger partial charge in [0.05, 0.1) is 0 Å². The quantitative estimate of drug-likeness (QED) is 0.863. The fraction of sp³-hybridized carbons (Fsp3) is 0.538. The van der Waals surface area contributed by atoms with Crippen LogP contribution in [-0.4, -0.2) is 13.6 Å². The normalized spacial score (nSPS) is 13.1. The lowest BCUT2D eigenvalue weighted by Gasteiger charge is -2.21. The standard InChI is InChI=1S/C13H20BrN/c1-10(2)12(9-15-3)8-11-6-4-5-7-13(11)14/h4-7,10,12,15H,8-9H2,1-3H3. The zero-order valence-electron chi connectivity index (χ0n) is 9.76. The van der Waals surface area contributed by atoms with Crippen molar-refractivity contribution >= 4 is 15.9 Å². The highest BCUT2D eigenvalue weighted by atomic mass is 79.9. The zero-order valence-corrected chi connectivity index (χ0v) is 11.3. The Labute approximate surface area is 101 Å². The Morgan fingerprint density at radius 1 is 1.27 bits per heavy atom. The first kappa shape index (κ1) is 12.7. The summed E-state index contributed by atoms with van der Waals surface area (Å²) in [5.41, 5.74) is 1.41. The summed E-state index contributed by atoms with van der Waals surface area (Å²) < 4.78 is 1.23. The predicted octanol–water partition coefficient (Wildman–Crippen LogP) is 3.48. The topological polar surface area (TPSA) is 12.0 Å². The highest BCUT2D eigenvalue weighted by molar-refractivity contribution is 9.10. The van der Waals surface area contributed by atoms with Gasteiger partial charge in [-0.25, -0.2) is 0 Å². The third-order valence-corrected chi connectivity index (χ3v) is 3.62. The van der Waals surface area contributed by atoms with E-state index in [2.05, 4.69) is 59.4 Å². The first-order chi connectivity index (χ1) is 7.15. The van der Waals surface area contributed by atoms with E-state index in [1.807, 2.05) is 7.05 Å². The van der Waals surface area contributed by atoms with Crippen molar-refractivity contribution in [3.63, 3.8) is 0 Å². The van der Waals surface area contributed by atoms with Gasteiger partial charge in [0.1, 0.15) is 0 Å². The summed E-state index contributed by atoms with van der Waals surface area (Å²) in [5, 5.41) is 3.27. The average Bonchev–Trinajstić information content (AvgIpc) is 2.20. The molecule has 0 radical (unpaired) electrons. The van der Waals surface area contributed by atoms with E-state index in [1.54, 1.807) is 0 Å². The summed E-state index contributed by atoms with van der Waals surface area (Å²) in [6, 6.07) is 8.49. The van der Waals surface area contributed by atoms with E-state index in [-0.39, 0.29) is 0 Å². The number of benzene rings is 1. The number of nitrogens with one attached hydrogen (secondary N) is 1. The van der Waals surface area contributed by atoms with Gasteiger partial charge in [-0.05, 0) is 43.5 Å². The molecule has 0 aromatic heterocycles. The Morgan fingerprint density at radius 3 is 2.47 bits per heavy atom. The molecule has 0 saturated heterocycles. The Hall–Kier alpha value is -0.340. The molecule has 1 nitrogen and oxygen atoms in total. The van der Waals surface area contributed by atoms with Crippen molar-refractivity contribution in [1.82, 2.24) is 5.32 Å². The van der Waals surface area contributed by atoms with Crippen LogP contribution in [0.25, 0.3) is 0 Å². The van der Waals surface area contributed by atoms with E-state index in [4.69, 9.17) is 0 Å². The fourth-order valence-corrected chi connectivity index (χ4v) is 2.20. The molecule has 84 valence electrons. The van der Waals surface area contributed by atoms with Gasteiger partial charge in [-0.15, -0.1) is 0 Å². The van der Waals surface area contributed by atoms with Gasteiger partial charge in [0.15, 0.2) is 0 Å². The maximum absolute atomic E-state index is 3.60. The second-order valence-corrected chi connectivity index (χ2v) is 5.21. The molecule has 1 aromatic carbocycles. The minimum absolute atomic E-state index is 0.702. The summed E-state index contributed by atoms with van der Waals surface area (Å²) in [6.45, 7) is 5.66. The van der Waals surface area contributed by atoms with Gasteiger partial charge in [-0.2, -0.15) is 0 Å². The van der Waals surface area contributed by atoms with E-state index >= 15 is 0 Å². The van der Waals surface area contributed by atoms with Gasteiger partial charge in [-0.3, -0.25) is 0 Å². The van der Waals surface area contributed by atoms with E-state index in [0.29, 0.717) is 11.8 Å². The zero-order chi connectivity index (χ0) is 11.3. The van der Waals surface area contributed by atoms with Crippen LogP contribution in [0.15, 0.2) is 28.7 Å². The molecule has 0 aliphatic carbocycles. The Balaban J connectivity index is 2.69. The van der Waals surface area contributed by atoms with Crippen molar-refractivity contribution in [3.8, 4) is 0 Å². The van der Waals surface area contributed by atoms with E-state index in [0.717, 1.165) is 13.0 Å². The van der Waals surface area contributed by atoms with Crippen molar-refractivity contribution in [2.24, 2.45) is 11.8 Å². The third-order valence-electron chi connectivity index (χ3n) is 2.85. The summed E-state index contributed by atoms with van der Waals surface area (Å²) in [5.74, 6) is 1.42. The molecule has 1 aromatic rings. The molecule has 0 fully saturated rings. The molecule has 1 rings (SSSR count). The number of halogens is 1. The smallest absolute Gasteiger partial charge is 0.0207 e. The second-order valence-electron chi connectivity index (χ2n) is 4.36. The van der Waals surface area contributed by atoms with Crippen LogP contribution in [0.1, 0.15) is 19.4 Å². The molecule has 0 saturated carbocycles. The SMILES string of the molecule is CNCC(Cc1ccccc1Br)C(C)C. The molecular weight excluding hydrogens is 250 g/mol. The molecule has 1 atom stereocenters. The minimum Gasteiger partial charge on any atom is -0.319 e. The molecule has 0 bridgehead atoms. The van der Waals surface area contributed by atoms with Gasteiger partial charge in [0.25, 0.3) is 0 Å². The molecule has 15 heavy (non-hydrogen) atoms. The van der Waals surface area contributed by atoms with Crippen molar-refractivity contribution in [3.05, 3.63) is 34.3 Å². The molecule has 0 spiro atoms. The maximum Gasteiger partial charge on any atom is 0.0207 e. The fourth-order valence-electron chi connectivity index (χ4n) is 1.75. The molecule has 1 unspecified atom stereocenters. The Bertz CT molecular complexity index is 296. The summed E-state index contributed by atoms with van der Waals surface area (Å²) >= 11 is 3.60. The van der Waals surface area contributed by atoms with Gasteiger partial charge in [0, 0.05) is 4.47 Å². The molecular formula is C13H20BrN. The number of rotatable bonds is 5. The van der Waals surface area contributed by atoms with Crippen LogP contribution in [0.3, 0.4) is 0 Å². The first-order valence-electron chi connectivity index (χ1n) is 5.53. The molecule has 1 N–H and O–H groups in total. The van der Waals surface area contributed by atoms with Gasteiger partial charge >= 0.3 is 0 Å². The average molecular weight is 270 g/mol. The first-order valence-corrected chi connectivity index (χ1v) is 6.32. The lowest BCUT2D eigenvalue weighted by Crippen LogP contribution is -2.25. The van der Waals surface area contributed by atoms with Crippen molar-refractivity contribution in [2.75, 3.05) is 13.6 Å². The van der Waals surface area contributed by atoms with Crippen LogP contribution in [0.4, 0.5) is 0 Å². The van der Waals surface area contributed by atoms with Crippen LogP contribution in [0, 0.1) is 11.8 Å². The largest absolute Gasteiger partial charge is 0.319 e. The molecule has 0 amide bonds. The van der Waals surface area contributed by atoms with E-state index in [1.165, 1.54) is 10.0 Å². The van der Waals surface area contributed by atoms with E-state index in [9.17, 15) is 0 Å². The Morgan fingerprint density at radius 2 is 1.93 bits per heavy atom. The van der Waals surface area contributed by atoms with Crippen LogP contribution >= 0.6 is 15.9 Å². The molecule has 0 aliphatic rings. The van der Waals surface area contributed by atoms with Gasteiger partial charge in [0.2, 0.25) is 0 Å². The minimum atomic E-state index is 0.702. The molecule has 0 heterocycles. The summed E-state index contributed by atoms with van der Waals surface area (Å²) in [6.07, 6.45) is 1.14. The van der Waals surface area contributed by atoms with Crippen LogP contribution in [0.5, 0.6) is 0 Å². The second kappa shape index (κ2) is 6.29. The van der Waals surface area contributed by atoms with Gasteiger partial charge < -0.3 is 5.32 Å². The van der Waals surface area contributed by atoms with E-state index < -0.39 is 0 Å². The summed E-state index contributed by atoms with van der Waals surface area (Å²) in [7, 11) is 2.02. The number of hydrogen-bond donors (Lipinski definition) is 1. The number of hydrogen-bond acceptors (Lipinski definition) is 1.